The van der Waals surface area contributed by atoms with E-state index in [1.165, 1.54) is 9.13 Å². The Morgan fingerprint density at radius 3 is 2.22 bits per heavy atom. The van der Waals surface area contributed by atoms with Crippen molar-refractivity contribution >= 4 is 56.5 Å². The molecule has 0 atom stereocenters. The number of nitrogens with zero attached hydrogens (tertiary/aromatic N) is 3. The van der Waals surface area contributed by atoms with E-state index in [0.29, 0.717) is 10.8 Å². The summed E-state index contributed by atoms with van der Waals surface area (Å²) in [4.78, 5) is 25.8. The minimum absolute atomic E-state index is 0.0328. The van der Waals surface area contributed by atoms with E-state index < -0.39 is 0 Å². The molecule has 0 fully saturated rings. The predicted molar refractivity (Wildman–Crippen MR) is 154 cm³/mol. The van der Waals surface area contributed by atoms with Gasteiger partial charge in [0.25, 0.3) is 5.91 Å². The number of pyridine rings is 1. The number of fused-ring (bicyclic) bond motifs is 2. The minimum Gasteiger partial charge on any atom is -0.331 e. The van der Waals surface area contributed by atoms with Crippen LogP contribution in [0.1, 0.15) is 22.5 Å². The summed E-state index contributed by atoms with van der Waals surface area (Å²) in [5.74, 6) is -0.271. The lowest BCUT2D eigenvalue weighted by molar-refractivity contribution is -0.121. The summed E-state index contributed by atoms with van der Waals surface area (Å²) in [6, 6.07) is 23.2. The van der Waals surface area contributed by atoms with Crippen molar-refractivity contribution in [3.8, 4) is 5.69 Å². The molecule has 0 spiro atoms. The van der Waals surface area contributed by atoms with Gasteiger partial charge < -0.3 is 9.13 Å². The molecule has 0 aliphatic carbocycles. The number of carbonyl (C=O) groups excluding carboxylic acids is 1. The lowest BCUT2D eigenvalue weighted by Crippen LogP contribution is -2.25. The van der Waals surface area contributed by atoms with Crippen LogP contribution >= 0.6 is 22.6 Å². The van der Waals surface area contributed by atoms with Crippen molar-refractivity contribution in [2.24, 2.45) is 5.10 Å². The van der Waals surface area contributed by atoms with Gasteiger partial charge in [-0.3, -0.25) is 9.59 Å². The first-order chi connectivity index (χ1) is 17.3. The van der Waals surface area contributed by atoms with E-state index in [-0.39, 0.29) is 17.9 Å². The smallest absolute Gasteiger partial charge is 0.260 e. The SMILES string of the molecule is Cc1cc(-n2c(C)cc(/C=N/NC(=O)Cn3c4ccccc4c(=O)c4ccccc43)c2C)ccc1I. The van der Waals surface area contributed by atoms with E-state index in [1.807, 2.05) is 47.9 Å². The van der Waals surface area contributed by atoms with Gasteiger partial charge in [0.1, 0.15) is 6.54 Å². The van der Waals surface area contributed by atoms with Crippen LogP contribution in [0.2, 0.25) is 0 Å². The number of aromatic nitrogens is 2. The maximum atomic E-state index is 12.9. The first kappa shape index (κ1) is 24.0. The number of hydrazone groups is 1. The summed E-state index contributed by atoms with van der Waals surface area (Å²) in [5.41, 5.74) is 9.46. The molecule has 2 aromatic heterocycles. The third kappa shape index (κ3) is 4.35. The van der Waals surface area contributed by atoms with Gasteiger partial charge in [-0.15, -0.1) is 0 Å². The first-order valence-electron chi connectivity index (χ1n) is 11.6. The van der Waals surface area contributed by atoms with E-state index >= 15 is 0 Å². The van der Waals surface area contributed by atoms with Crippen LogP contribution in [-0.2, 0) is 11.3 Å². The molecule has 0 radical (unpaired) electrons. The molecule has 5 rings (SSSR count). The van der Waals surface area contributed by atoms with Crippen molar-refractivity contribution in [1.29, 1.82) is 0 Å². The van der Waals surface area contributed by atoms with Crippen LogP contribution in [0.25, 0.3) is 27.5 Å². The zero-order valence-electron chi connectivity index (χ0n) is 20.2. The third-order valence-electron chi connectivity index (χ3n) is 6.44. The highest BCUT2D eigenvalue weighted by molar-refractivity contribution is 14.1. The average Bonchev–Trinajstić information content (AvgIpc) is 3.16. The topological polar surface area (TPSA) is 68.4 Å². The van der Waals surface area contributed by atoms with Crippen LogP contribution in [0.4, 0.5) is 0 Å². The second kappa shape index (κ2) is 9.73. The molecule has 180 valence electrons. The fourth-order valence-electron chi connectivity index (χ4n) is 4.68. The number of amides is 1. The molecule has 1 amide bonds. The fraction of sp³-hybridized carbons (Fsp3) is 0.138. The van der Waals surface area contributed by atoms with Gasteiger partial charge in [0, 0.05) is 37.0 Å². The van der Waals surface area contributed by atoms with E-state index in [2.05, 4.69) is 75.8 Å². The van der Waals surface area contributed by atoms with Crippen molar-refractivity contribution in [1.82, 2.24) is 14.6 Å². The molecule has 36 heavy (non-hydrogen) atoms. The average molecular weight is 588 g/mol. The zero-order valence-corrected chi connectivity index (χ0v) is 22.4. The molecule has 1 N–H and O–H groups in total. The summed E-state index contributed by atoms with van der Waals surface area (Å²) in [7, 11) is 0. The molecular formula is C29H25IN4O2. The quantitative estimate of drug-likeness (QED) is 0.125. The molecule has 6 nitrogen and oxygen atoms in total. The predicted octanol–water partition coefficient (Wildman–Crippen LogP) is 5.63. The zero-order chi connectivity index (χ0) is 25.4. The maximum Gasteiger partial charge on any atom is 0.260 e. The highest BCUT2D eigenvalue weighted by Gasteiger charge is 2.13. The second-order valence-corrected chi connectivity index (χ2v) is 10.0. The Hall–Kier alpha value is -3.72. The Labute approximate surface area is 222 Å². The number of para-hydroxylation sites is 2. The number of rotatable bonds is 5. The lowest BCUT2D eigenvalue weighted by Gasteiger charge is -2.14. The molecule has 5 aromatic rings. The monoisotopic (exact) mass is 588 g/mol. The number of carbonyl (C=O) groups is 1. The highest BCUT2D eigenvalue weighted by atomic mass is 127. The fourth-order valence-corrected chi connectivity index (χ4v) is 5.02. The number of halogens is 1. The Bertz CT molecular complexity index is 1670. The molecule has 0 unspecified atom stereocenters. The third-order valence-corrected chi connectivity index (χ3v) is 7.65. The molecular weight excluding hydrogens is 563 g/mol. The van der Waals surface area contributed by atoms with Gasteiger partial charge in [0.15, 0.2) is 5.43 Å². The molecule has 3 aromatic carbocycles. The van der Waals surface area contributed by atoms with Gasteiger partial charge in [-0.1, -0.05) is 24.3 Å². The van der Waals surface area contributed by atoms with Crippen molar-refractivity contribution in [3.05, 3.63) is 109 Å². The minimum atomic E-state index is -0.271. The normalized spacial score (nSPS) is 11.6. The van der Waals surface area contributed by atoms with Crippen LogP contribution in [-0.4, -0.2) is 21.3 Å². The molecule has 0 aliphatic rings. The number of aryl methyl sites for hydroxylation is 2. The van der Waals surface area contributed by atoms with E-state index in [4.69, 9.17) is 0 Å². The summed E-state index contributed by atoms with van der Waals surface area (Å²) in [5, 5.41) is 5.42. The number of nitrogens with one attached hydrogen (secondary N) is 1. The Morgan fingerprint density at radius 2 is 1.58 bits per heavy atom. The van der Waals surface area contributed by atoms with Crippen molar-refractivity contribution in [3.63, 3.8) is 0 Å². The van der Waals surface area contributed by atoms with Crippen molar-refractivity contribution < 1.29 is 4.79 Å². The highest BCUT2D eigenvalue weighted by Crippen LogP contribution is 2.23. The van der Waals surface area contributed by atoms with E-state index in [0.717, 1.165) is 33.7 Å². The van der Waals surface area contributed by atoms with Crippen LogP contribution in [0, 0.1) is 24.3 Å². The maximum absolute atomic E-state index is 12.9. The van der Waals surface area contributed by atoms with Crippen LogP contribution in [0.15, 0.2) is 82.7 Å². The number of hydrogen-bond acceptors (Lipinski definition) is 3. The number of benzene rings is 3. The van der Waals surface area contributed by atoms with Crippen molar-refractivity contribution in [2.75, 3.05) is 0 Å². The number of hydrogen-bond donors (Lipinski definition) is 1. The Kier molecular flexibility index (Phi) is 6.49. The van der Waals surface area contributed by atoms with Gasteiger partial charge in [-0.25, -0.2) is 5.43 Å². The lowest BCUT2D eigenvalue weighted by atomic mass is 10.1. The summed E-state index contributed by atoms with van der Waals surface area (Å²) < 4.78 is 5.28. The van der Waals surface area contributed by atoms with Gasteiger partial charge >= 0.3 is 0 Å². The summed E-state index contributed by atoms with van der Waals surface area (Å²) in [6.45, 7) is 6.25. The van der Waals surface area contributed by atoms with Crippen LogP contribution in [0.5, 0.6) is 0 Å². The molecule has 0 saturated carbocycles. The molecule has 2 heterocycles. The van der Waals surface area contributed by atoms with E-state index in [9.17, 15) is 9.59 Å². The van der Waals surface area contributed by atoms with Gasteiger partial charge in [0.2, 0.25) is 0 Å². The molecule has 0 aliphatic heterocycles. The van der Waals surface area contributed by atoms with Crippen molar-refractivity contribution in [2.45, 2.75) is 27.3 Å². The van der Waals surface area contributed by atoms with Gasteiger partial charge in [-0.2, -0.15) is 5.10 Å². The van der Waals surface area contributed by atoms with E-state index in [1.54, 1.807) is 18.3 Å². The second-order valence-electron chi connectivity index (χ2n) is 8.84. The van der Waals surface area contributed by atoms with Gasteiger partial charge in [-0.05, 0) is 97.5 Å². The molecule has 0 saturated heterocycles. The largest absolute Gasteiger partial charge is 0.331 e. The van der Waals surface area contributed by atoms with Gasteiger partial charge in [0.05, 0.1) is 17.2 Å². The van der Waals surface area contributed by atoms with Crippen LogP contribution in [0.3, 0.4) is 0 Å². The molecule has 7 heteroatoms. The van der Waals surface area contributed by atoms with Crippen LogP contribution < -0.4 is 10.9 Å². The molecule has 0 bridgehead atoms. The Morgan fingerprint density at radius 1 is 0.944 bits per heavy atom. The first-order valence-corrected chi connectivity index (χ1v) is 12.7. The summed E-state index contributed by atoms with van der Waals surface area (Å²) in [6.07, 6.45) is 1.68. The standard InChI is InChI=1S/C29H25IN4O2/c1-18-14-22(12-13-25(18)30)34-19(2)15-21(20(34)3)16-31-32-28(35)17-33-26-10-6-4-8-23(26)29(36)24-9-5-7-11-27(24)33/h4-16H,17H2,1-3H3,(H,32,35)/b31-16+. The summed E-state index contributed by atoms with van der Waals surface area (Å²) >= 11 is 2.34. The Balaban J connectivity index is 1.40.